The van der Waals surface area contributed by atoms with Gasteiger partial charge in [0.2, 0.25) is 0 Å². The molecule has 2 aromatic heterocycles. The van der Waals surface area contributed by atoms with Crippen molar-refractivity contribution in [3.05, 3.63) is 24.3 Å². The van der Waals surface area contributed by atoms with E-state index in [2.05, 4.69) is 16.9 Å². The number of imidazole rings is 1. The molecule has 0 aromatic carbocycles. The number of rotatable bonds is 3. The summed E-state index contributed by atoms with van der Waals surface area (Å²) in [4.78, 5) is 8.30. The van der Waals surface area contributed by atoms with Gasteiger partial charge in [-0.15, -0.1) is 0 Å². The second kappa shape index (κ2) is 3.75. The lowest BCUT2D eigenvalue weighted by molar-refractivity contribution is 0.265. The number of fused-ring (bicyclic) bond motifs is 1. The molecule has 0 aliphatic carbocycles. The Morgan fingerprint density at radius 1 is 1.50 bits per heavy atom. The zero-order valence-electron chi connectivity index (χ0n) is 8.14. The molecule has 0 aliphatic rings. The average molecular weight is 191 g/mol. The summed E-state index contributed by atoms with van der Waals surface area (Å²) in [5.41, 5.74) is 1.90. The van der Waals surface area contributed by atoms with Crippen molar-refractivity contribution in [2.24, 2.45) is 0 Å². The van der Waals surface area contributed by atoms with Crippen LogP contribution in [0.25, 0.3) is 11.0 Å². The first kappa shape index (κ1) is 9.15. The third kappa shape index (κ3) is 1.37. The van der Waals surface area contributed by atoms with Crippen molar-refractivity contribution in [1.82, 2.24) is 14.5 Å². The van der Waals surface area contributed by atoms with Gasteiger partial charge in [-0.1, -0.05) is 6.92 Å². The van der Waals surface area contributed by atoms with E-state index in [0.29, 0.717) is 0 Å². The lowest BCUT2D eigenvalue weighted by Crippen LogP contribution is -2.02. The van der Waals surface area contributed by atoms with Crippen molar-refractivity contribution < 1.29 is 5.11 Å². The van der Waals surface area contributed by atoms with Gasteiger partial charge in [-0.05, 0) is 12.5 Å². The number of nitrogens with zero attached hydrogens (tertiary/aromatic N) is 3. The molecule has 0 aliphatic heterocycles. The molecule has 0 saturated heterocycles. The third-order valence-electron chi connectivity index (χ3n) is 2.22. The number of hydrogen-bond acceptors (Lipinski definition) is 3. The first-order valence-electron chi connectivity index (χ1n) is 4.76. The molecule has 0 unspecified atom stereocenters. The minimum Gasteiger partial charge on any atom is -0.388 e. The fourth-order valence-corrected chi connectivity index (χ4v) is 1.63. The summed E-state index contributed by atoms with van der Waals surface area (Å²) in [7, 11) is 0. The minimum absolute atomic E-state index is 0.0192. The normalized spacial score (nSPS) is 11.0. The van der Waals surface area contributed by atoms with Crippen molar-refractivity contribution in [2.75, 3.05) is 0 Å². The van der Waals surface area contributed by atoms with E-state index in [4.69, 9.17) is 5.11 Å². The molecule has 14 heavy (non-hydrogen) atoms. The van der Waals surface area contributed by atoms with Crippen molar-refractivity contribution >= 4 is 11.0 Å². The van der Waals surface area contributed by atoms with Gasteiger partial charge >= 0.3 is 0 Å². The van der Waals surface area contributed by atoms with Crippen molar-refractivity contribution in [3.8, 4) is 0 Å². The summed E-state index contributed by atoms with van der Waals surface area (Å²) in [6, 6.07) is 1.93. The average Bonchev–Trinajstić information content (AvgIpc) is 2.58. The van der Waals surface area contributed by atoms with Crippen molar-refractivity contribution in [2.45, 2.75) is 26.5 Å². The summed E-state index contributed by atoms with van der Waals surface area (Å²) >= 11 is 0. The first-order valence-corrected chi connectivity index (χ1v) is 4.76. The Kier molecular flexibility index (Phi) is 2.45. The molecule has 0 amide bonds. The topological polar surface area (TPSA) is 50.9 Å². The highest BCUT2D eigenvalue weighted by Gasteiger charge is 2.07. The molecule has 2 rings (SSSR count). The van der Waals surface area contributed by atoms with Gasteiger partial charge in [0.05, 0.1) is 11.7 Å². The second-order valence-corrected chi connectivity index (χ2v) is 3.20. The van der Waals surface area contributed by atoms with Crippen LogP contribution in [0.5, 0.6) is 0 Å². The van der Waals surface area contributed by atoms with E-state index in [1.165, 1.54) is 0 Å². The van der Waals surface area contributed by atoms with Gasteiger partial charge in [0.1, 0.15) is 17.9 Å². The molecule has 4 nitrogen and oxygen atoms in total. The van der Waals surface area contributed by atoms with Gasteiger partial charge in [-0.2, -0.15) is 0 Å². The summed E-state index contributed by atoms with van der Waals surface area (Å²) in [5.74, 6) is 0.717. The van der Waals surface area contributed by atoms with Gasteiger partial charge in [0.15, 0.2) is 0 Å². The molecular weight excluding hydrogens is 178 g/mol. The van der Waals surface area contributed by atoms with E-state index in [9.17, 15) is 0 Å². The summed E-state index contributed by atoms with van der Waals surface area (Å²) in [5, 5.41) is 9.14. The van der Waals surface area contributed by atoms with E-state index in [0.717, 1.165) is 29.8 Å². The largest absolute Gasteiger partial charge is 0.388 e. The number of hydrogen-bond donors (Lipinski definition) is 1. The molecule has 0 spiro atoms. The van der Waals surface area contributed by atoms with E-state index in [1.807, 2.05) is 10.6 Å². The Labute approximate surface area is 82.2 Å². The van der Waals surface area contributed by atoms with Crippen LogP contribution in [-0.4, -0.2) is 19.6 Å². The van der Waals surface area contributed by atoms with E-state index in [1.54, 1.807) is 12.4 Å². The Balaban J connectivity index is 2.61. The Bertz CT molecular complexity index is 436. The predicted octanol–water partition coefficient (Wildman–Crippen LogP) is 1.33. The zero-order chi connectivity index (χ0) is 9.97. The van der Waals surface area contributed by atoms with E-state index >= 15 is 0 Å². The molecule has 0 radical (unpaired) electrons. The molecule has 2 heterocycles. The van der Waals surface area contributed by atoms with Crippen LogP contribution < -0.4 is 0 Å². The maximum atomic E-state index is 9.14. The van der Waals surface area contributed by atoms with Crippen LogP contribution in [0.3, 0.4) is 0 Å². The molecule has 4 heteroatoms. The predicted molar refractivity (Wildman–Crippen MR) is 53.7 cm³/mol. The van der Waals surface area contributed by atoms with Crippen LogP contribution in [0.2, 0.25) is 0 Å². The van der Waals surface area contributed by atoms with Crippen LogP contribution in [0.1, 0.15) is 19.2 Å². The standard InChI is InChI=1S/C10H13N3O/c1-2-5-13-9-3-4-11-6-8(9)12-10(13)7-14/h3-4,6,14H,2,5,7H2,1H3. The van der Waals surface area contributed by atoms with Crippen LogP contribution in [-0.2, 0) is 13.2 Å². The monoisotopic (exact) mass is 191 g/mol. The van der Waals surface area contributed by atoms with Crippen molar-refractivity contribution in [1.29, 1.82) is 0 Å². The highest BCUT2D eigenvalue weighted by molar-refractivity contribution is 5.74. The number of aliphatic hydroxyl groups excluding tert-OH is 1. The molecule has 1 N–H and O–H groups in total. The number of pyridine rings is 1. The molecule has 0 saturated carbocycles. The van der Waals surface area contributed by atoms with Gasteiger partial charge in [0.25, 0.3) is 0 Å². The van der Waals surface area contributed by atoms with Gasteiger partial charge in [-0.25, -0.2) is 4.98 Å². The summed E-state index contributed by atoms with van der Waals surface area (Å²) in [6.07, 6.45) is 4.50. The summed E-state index contributed by atoms with van der Waals surface area (Å²) < 4.78 is 2.04. The van der Waals surface area contributed by atoms with E-state index in [-0.39, 0.29) is 6.61 Å². The molecule has 0 fully saturated rings. The molecule has 74 valence electrons. The quantitative estimate of drug-likeness (QED) is 0.796. The molecular formula is C10H13N3O. The third-order valence-corrected chi connectivity index (χ3v) is 2.22. The fourth-order valence-electron chi connectivity index (χ4n) is 1.63. The molecule has 0 atom stereocenters. The zero-order valence-corrected chi connectivity index (χ0v) is 8.14. The van der Waals surface area contributed by atoms with Crippen LogP contribution in [0.4, 0.5) is 0 Å². The minimum atomic E-state index is -0.0192. The highest BCUT2D eigenvalue weighted by atomic mass is 16.3. The lowest BCUT2D eigenvalue weighted by atomic mass is 10.4. The SMILES string of the molecule is CCCn1c(CO)nc2cnccc21. The smallest absolute Gasteiger partial charge is 0.135 e. The maximum absolute atomic E-state index is 9.14. The number of aromatic nitrogens is 3. The fraction of sp³-hybridized carbons (Fsp3) is 0.400. The van der Waals surface area contributed by atoms with Crippen LogP contribution >= 0.6 is 0 Å². The first-order chi connectivity index (χ1) is 6.86. The number of aliphatic hydroxyl groups is 1. The Morgan fingerprint density at radius 3 is 3.07 bits per heavy atom. The lowest BCUT2D eigenvalue weighted by Gasteiger charge is -2.04. The van der Waals surface area contributed by atoms with E-state index < -0.39 is 0 Å². The van der Waals surface area contributed by atoms with Gasteiger partial charge in [-0.3, -0.25) is 4.98 Å². The van der Waals surface area contributed by atoms with Crippen molar-refractivity contribution in [3.63, 3.8) is 0 Å². The van der Waals surface area contributed by atoms with Gasteiger partial charge < -0.3 is 9.67 Å². The maximum Gasteiger partial charge on any atom is 0.135 e. The highest BCUT2D eigenvalue weighted by Crippen LogP contribution is 2.15. The molecule has 0 bridgehead atoms. The van der Waals surface area contributed by atoms with Gasteiger partial charge in [0, 0.05) is 12.7 Å². The number of aryl methyl sites for hydroxylation is 1. The Hall–Kier alpha value is -1.42. The molecule has 2 aromatic rings. The second-order valence-electron chi connectivity index (χ2n) is 3.20. The summed E-state index contributed by atoms with van der Waals surface area (Å²) in [6.45, 7) is 2.97. The Morgan fingerprint density at radius 2 is 2.36 bits per heavy atom. The van der Waals surface area contributed by atoms with Crippen LogP contribution in [0, 0.1) is 0 Å². The van der Waals surface area contributed by atoms with Crippen LogP contribution in [0.15, 0.2) is 18.5 Å².